The van der Waals surface area contributed by atoms with Crippen molar-refractivity contribution in [3.05, 3.63) is 17.2 Å². The van der Waals surface area contributed by atoms with E-state index in [2.05, 4.69) is 28.9 Å². The summed E-state index contributed by atoms with van der Waals surface area (Å²) < 4.78 is 1.90. The summed E-state index contributed by atoms with van der Waals surface area (Å²) >= 11 is 6.03. The van der Waals surface area contributed by atoms with Crippen molar-refractivity contribution in [3.8, 4) is 0 Å². The molecule has 0 fully saturated rings. The first-order valence-electron chi connectivity index (χ1n) is 5.43. The fraction of sp³-hybridized carbons (Fsp3) is 0.545. The van der Waals surface area contributed by atoms with Crippen LogP contribution >= 0.6 is 11.6 Å². The Kier molecular flexibility index (Phi) is 3.10. The molecule has 0 atom stereocenters. The van der Waals surface area contributed by atoms with Crippen molar-refractivity contribution in [2.45, 2.75) is 33.7 Å². The summed E-state index contributed by atoms with van der Waals surface area (Å²) in [7, 11) is 0. The number of aryl methyl sites for hydroxylation is 2. The van der Waals surface area contributed by atoms with Gasteiger partial charge in [-0.1, -0.05) is 25.4 Å². The molecule has 0 aliphatic carbocycles. The third-order valence-corrected chi connectivity index (χ3v) is 2.77. The van der Waals surface area contributed by atoms with Crippen LogP contribution in [-0.2, 0) is 6.54 Å². The smallest absolute Gasteiger partial charge is 0.163 e. The van der Waals surface area contributed by atoms with Crippen LogP contribution in [-0.4, -0.2) is 19.7 Å². The molecule has 0 bridgehead atoms. The van der Waals surface area contributed by atoms with Gasteiger partial charge < -0.3 is 0 Å². The van der Waals surface area contributed by atoms with Crippen LogP contribution in [0.3, 0.4) is 0 Å². The summed E-state index contributed by atoms with van der Waals surface area (Å²) in [5.41, 5.74) is 0.832. The minimum atomic E-state index is 0.485. The summed E-state index contributed by atoms with van der Waals surface area (Å²) in [6.07, 6.45) is 2.81. The molecule has 16 heavy (non-hydrogen) atoms. The van der Waals surface area contributed by atoms with Crippen LogP contribution in [0, 0.1) is 12.8 Å². The Balaban J connectivity index is 2.40. The van der Waals surface area contributed by atoms with Crippen LogP contribution in [0.5, 0.6) is 0 Å². The second kappa shape index (κ2) is 4.37. The Bertz CT molecular complexity index is 504. The molecule has 0 saturated heterocycles. The van der Waals surface area contributed by atoms with Gasteiger partial charge in [0.25, 0.3) is 0 Å². The van der Waals surface area contributed by atoms with Crippen LogP contribution in [0.25, 0.3) is 11.0 Å². The Morgan fingerprint density at radius 2 is 2.12 bits per heavy atom. The van der Waals surface area contributed by atoms with Crippen molar-refractivity contribution < 1.29 is 0 Å². The lowest BCUT2D eigenvalue weighted by molar-refractivity contribution is 0.494. The molecule has 0 aromatic carbocycles. The minimum absolute atomic E-state index is 0.485. The number of rotatable bonds is 3. The van der Waals surface area contributed by atoms with Gasteiger partial charge in [0.05, 0.1) is 11.6 Å². The maximum atomic E-state index is 6.03. The van der Waals surface area contributed by atoms with Gasteiger partial charge in [-0.3, -0.25) is 0 Å². The zero-order valence-electron chi connectivity index (χ0n) is 9.74. The third-order valence-electron chi connectivity index (χ3n) is 2.48. The van der Waals surface area contributed by atoms with Crippen LogP contribution < -0.4 is 0 Å². The fourth-order valence-corrected chi connectivity index (χ4v) is 1.82. The largest absolute Gasteiger partial charge is 0.247 e. The Morgan fingerprint density at radius 3 is 2.81 bits per heavy atom. The van der Waals surface area contributed by atoms with Crippen molar-refractivity contribution in [3.63, 3.8) is 0 Å². The van der Waals surface area contributed by atoms with E-state index in [1.165, 1.54) is 0 Å². The molecule has 0 radical (unpaired) electrons. The summed E-state index contributed by atoms with van der Waals surface area (Å²) in [6.45, 7) is 7.09. The number of fused-ring (bicyclic) bond motifs is 1. The van der Waals surface area contributed by atoms with Gasteiger partial charge in [0.15, 0.2) is 5.65 Å². The monoisotopic (exact) mass is 238 g/mol. The second-order valence-electron chi connectivity index (χ2n) is 4.35. The molecule has 2 rings (SSSR count). The molecule has 2 aromatic rings. The maximum Gasteiger partial charge on any atom is 0.163 e. The molecule has 0 N–H and O–H groups in total. The van der Waals surface area contributed by atoms with Gasteiger partial charge in [-0.05, 0) is 19.3 Å². The van der Waals surface area contributed by atoms with E-state index in [1.54, 1.807) is 6.20 Å². The molecule has 5 heteroatoms. The number of nitrogens with zero attached hydrogens (tertiary/aromatic N) is 4. The van der Waals surface area contributed by atoms with E-state index in [1.807, 2.05) is 11.6 Å². The number of hydrogen-bond acceptors (Lipinski definition) is 3. The fourth-order valence-electron chi connectivity index (χ4n) is 1.57. The molecule has 2 heterocycles. The third kappa shape index (κ3) is 2.16. The highest BCUT2D eigenvalue weighted by Gasteiger charge is 2.09. The van der Waals surface area contributed by atoms with Gasteiger partial charge in [-0.15, -0.1) is 0 Å². The predicted octanol–water partition coefficient (Wildman–Crippen LogP) is 2.83. The van der Waals surface area contributed by atoms with E-state index in [-0.39, 0.29) is 0 Å². The number of hydrogen-bond donors (Lipinski definition) is 0. The van der Waals surface area contributed by atoms with Crippen LogP contribution in [0.15, 0.2) is 6.20 Å². The van der Waals surface area contributed by atoms with E-state index >= 15 is 0 Å². The van der Waals surface area contributed by atoms with Gasteiger partial charge >= 0.3 is 0 Å². The first kappa shape index (κ1) is 11.3. The van der Waals surface area contributed by atoms with Crippen molar-refractivity contribution in [2.75, 3.05) is 0 Å². The second-order valence-corrected chi connectivity index (χ2v) is 4.71. The molecule has 0 saturated carbocycles. The number of halogens is 1. The van der Waals surface area contributed by atoms with Gasteiger partial charge in [-0.25, -0.2) is 14.6 Å². The van der Waals surface area contributed by atoms with Crippen LogP contribution in [0.2, 0.25) is 5.15 Å². The molecule has 86 valence electrons. The average Bonchev–Trinajstić information content (AvgIpc) is 2.58. The Hall–Kier alpha value is -1.16. The molecule has 2 aromatic heterocycles. The summed E-state index contributed by atoms with van der Waals surface area (Å²) in [4.78, 5) is 8.49. The van der Waals surface area contributed by atoms with Crippen molar-refractivity contribution in [1.29, 1.82) is 0 Å². The van der Waals surface area contributed by atoms with Gasteiger partial charge in [0.2, 0.25) is 0 Å². The summed E-state index contributed by atoms with van der Waals surface area (Å²) in [6, 6.07) is 0. The highest BCUT2D eigenvalue weighted by atomic mass is 35.5. The molecular formula is C11H15ClN4. The SMILES string of the molecule is Cc1nc(Cl)c2cnn(CCC(C)C)c2n1. The van der Waals surface area contributed by atoms with E-state index < -0.39 is 0 Å². The quantitative estimate of drug-likeness (QED) is 0.773. The highest BCUT2D eigenvalue weighted by Crippen LogP contribution is 2.20. The van der Waals surface area contributed by atoms with Crippen LogP contribution in [0.1, 0.15) is 26.1 Å². The molecule has 4 nitrogen and oxygen atoms in total. The average molecular weight is 239 g/mol. The maximum absolute atomic E-state index is 6.03. The molecule has 0 amide bonds. The van der Waals surface area contributed by atoms with Crippen molar-refractivity contribution in [2.24, 2.45) is 5.92 Å². The van der Waals surface area contributed by atoms with E-state index in [9.17, 15) is 0 Å². The summed E-state index contributed by atoms with van der Waals surface area (Å²) in [5, 5.41) is 5.61. The zero-order chi connectivity index (χ0) is 11.7. The van der Waals surface area contributed by atoms with E-state index in [0.717, 1.165) is 24.0 Å². The first-order valence-corrected chi connectivity index (χ1v) is 5.81. The van der Waals surface area contributed by atoms with E-state index in [4.69, 9.17) is 11.6 Å². The van der Waals surface area contributed by atoms with Gasteiger partial charge in [0.1, 0.15) is 11.0 Å². The van der Waals surface area contributed by atoms with E-state index in [0.29, 0.717) is 16.9 Å². The van der Waals surface area contributed by atoms with Gasteiger partial charge in [-0.2, -0.15) is 5.10 Å². The highest BCUT2D eigenvalue weighted by molar-refractivity contribution is 6.33. The van der Waals surface area contributed by atoms with Crippen molar-refractivity contribution in [1.82, 2.24) is 19.7 Å². The van der Waals surface area contributed by atoms with Crippen LogP contribution in [0.4, 0.5) is 0 Å². The molecular weight excluding hydrogens is 224 g/mol. The first-order chi connectivity index (χ1) is 7.58. The minimum Gasteiger partial charge on any atom is -0.247 e. The lowest BCUT2D eigenvalue weighted by Crippen LogP contribution is -2.04. The molecule has 0 aliphatic heterocycles. The Labute approximate surface area is 99.7 Å². The topological polar surface area (TPSA) is 43.6 Å². The molecule has 0 spiro atoms. The lowest BCUT2D eigenvalue weighted by Gasteiger charge is -2.05. The summed E-state index contributed by atoms with van der Waals surface area (Å²) in [5.74, 6) is 1.33. The van der Waals surface area contributed by atoms with Crippen molar-refractivity contribution >= 4 is 22.6 Å². The predicted molar refractivity (Wildman–Crippen MR) is 64.5 cm³/mol. The number of aromatic nitrogens is 4. The zero-order valence-corrected chi connectivity index (χ0v) is 10.5. The molecule has 0 aliphatic rings. The van der Waals surface area contributed by atoms with Gasteiger partial charge in [0, 0.05) is 6.54 Å². The standard InChI is InChI=1S/C11H15ClN4/c1-7(2)4-5-16-11-9(6-13-16)10(12)14-8(3)15-11/h6-7H,4-5H2,1-3H3. The Morgan fingerprint density at radius 1 is 1.38 bits per heavy atom. The molecule has 0 unspecified atom stereocenters. The lowest BCUT2D eigenvalue weighted by atomic mass is 10.1. The normalized spacial score (nSPS) is 11.6.